The van der Waals surface area contributed by atoms with Gasteiger partial charge in [-0.3, -0.25) is 0 Å². The van der Waals surface area contributed by atoms with Crippen LogP contribution in [0.25, 0.3) is 10.8 Å². The van der Waals surface area contributed by atoms with Crippen LogP contribution in [0.1, 0.15) is 12.8 Å². The molecule has 0 bridgehead atoms. The maximum absolute atomic E-state index is 5.70. The van der Waals surface area contributed by atoms with Crippen LogP contribution < -0.4 is 4.74 Å². The summed E-state index contributed by atoms with van der Waals surface area (Å²) in [7, 11) is 0. The second kappa shape index (κ2) is 5.90. The molecule has 0 amide bonds. The summed E-state index contributed by atoms with van der Waals surface area (Å²) < 4.78 is 5.70. The van der Waals surface area contributed by atoms with Gasteiger partial charge in [0, 0.05) is 5.33 Å². The van der Waals surface area contributed by atoms with E-state index in [0.717, 1.165) is 30.5 Å². The number of benzene rings is 2. The van der Waals surface area contributed by atoms with Gasteiger partial charge in [-0.15, -0.1) is 0 Å². The van der Waals surface area contributed by atoms with E-state index >= 15 is 0 Å². The lowest BCUT2D eigenvalue weighted by Crippen LogP contribution is -1.97. The molecule has 0 heterocycles. The third kappa shape index (κ3) is 2.99. The summed E-state index contributed by atoms with van der Waals surface area (Å²) >= 11 is 3.41. The highest BCUT2D eigenvalue weighted by molar-refractivity contribution is 9.09. The molecule has 0 atom stereocenters. The van der Waals surface area contributed by atoms with Gasteiger partial charge < -0.3 is 4.74 Å². The smallest absolute Gasteiger partial charge is 0.119 e. The predicted octanol–water partition coefficient (Wildman–Crippen LogP) is 4.39. The van der Waals surface area contributed by atoms with Crippen LogP contribution in [-0.2, 0) is 0 Å². The normalized spacial score (nSPS) is 10.6. The highest BCUT2D eigenvalue weighted by atomic mass is 79.9. The van der Waals surface area contributed by atoms with Crippen LogP contribution in [0.3, 0.4) is 0 Å². The molecule has 0 fully saturated rings. The first kappa shape index (κ1) is 11.5. The molecule has 0 aliphatic rings. The first-order valence-corrected chi connectivity index (χ1v) is 6.70. The minimum Gasteiger partial charge on any atom is -0.494 e. The first-order chi connectivity index (χ1) is 7.90. The molecule has 2 heteroatoms. The number of alkyl halides is 1. The minimum atomic E-state index is 0.796. The Bertz CT molecular complexity index is 453. The number of unbranched alkanes of at least 4 members (excludes halogenated alkanes) is 1. The Morgan fingerprint density at radius 1 is 0.938 bits per heavy atom. The van der Waals surface area contributed by atoms with Gasteiger partial charge in [0.05, 0.1) is 6.61 Å². The zero-order valence-corrected chi connectivity index (χ0v) is 10.7. The Morgan fingerprint density at radius 2 is 1.75 bits per heavy atom. The van der Waals surface area contributed by atoms with Gasteiger partial charge in [-0.2, -0.15) is 0 Å². The van der Waals surface area contributed by atoms with E-state index in [1.165, 1.54) is 10.8 Å². The number of rotatable bonds is 5. The standard InChI is InChI=1S/C14H15BrO/c15-9-3-4-10-16-14-8-7-12-5-1-2-6-13(12)11-14/h1-2,5-8,11H,3-4,9-10H2. The Morgan fingerprint density at radius 3 is 2.56 bits per heavy atom. The van der Waals surface area contributed by atoms with Crippen molar-refractivity contribution in [3.63, 3.8) is 0 Å². The van der Waals surface area contributed by atoms with E-state index in [2.05, 4.69) is 52.3 Å². The van der Waals surface area contributed by atoms with Crippen molar-refractivity contribution >= 4 is 26.7 Å². The summed E-state index contributed by atoms with van der Waals surface area (Å²) in [6.07, 6.45) is 2.26. The van der Waals surface area contributed by atoms with Gasteiger partial charge in [0.2, 0.25) is 0 Å². The van der Waals surface area contributed by atoms with E-state index in [0.29, 0.717) is 0 Å². The third-order valence-electron chi connectivity index (χ3n) is 2.52. The van der Waals surface area contributed by atoms with Crippen LogP contribution in [-0.4, -0.2) is 11.9 Å². The van der Waals surface area contributed by atoms with E-state index in [4.69, 9.17) is 4.74 Å². The molecule has 0 saturated carbocycles. The zero-order valence-electron chi connectivity index (χ0n) is 9.16. The molecule has 1 nitrogen and oxygen atoms in total. The second-order valence-corrected chi connectivity index (χ2v) is 4.55. The van der Waals surface area contributed by atoms with Gasteiger partial charge in [0.15, 0.2) is 0 Å². The fourth-order valence-electron chi connectivity index (χ4n) is 1.64. The van der Waals surface area contributed by atoms with Crippen molar-refractivity contribution in [1.29, 1.82) is 0 Å². The Balaban J connectivity index is 2.02. The molecule has 0 N–H and O–H groups in total. The molecule has 84 valence electrons. The molecule has 0 aliphatic heterocycles. The van der Waals surface area contributed by atoms with Crippen LogP contribution in [0.5, 0.6) is 5.75 Å². The quantitative estimate of drug-likeness (QED) is 0.582. The van der Waals surface area contributed by atoms with Crippen LogP contribution >= 0.6 is 15.9 Å². The molecule has 0 radical (unpaired) electrons. The summed E-state index contributed by atoms with van der Waals surface area (Å²) in [5.41, 5.74) is 0. The molecular weight excluding hydrogens is 264 g/mol. The summed E-state index contributed by atoms with van der Waals surface area (Å²) in [4.78, 5) is 0. The number of halogens is 1. The van der Waals surface area contributed by atoms with E-state index in [-0.39, 0.29) is 0 Å². The maximum atomic E-state index is 5.70. The topological polar surface area (TPSA) is 9.23 Å². The molecule has 16 heavy (non-hydrogen) atoms. The number of hydrogen-bond acceptors (Lipinski definition) is 1. The molecular formula is C14H15BrO. The van der Waals surface area contributed by atoms with Gasteiger partial charge in [-0.05, 0) is 35.7 Å². The number of ether oxygens (including phenoxy) is 1. The molecule has 2 aromatic carbocycles. The Labute approximate surface area is 105 Å². The lowest BCUT2D eigenvalue weighted by molar-refractivity contribution is 0.310. The summed E-state index contributed by atoms with van der Waals surface area (Å²) in [6, 6.07) is 14.6. The molecule has 0 unspecified atom stereocenters. The molecule has 0 aliphatic carbocycles. The van der Waals surface area contributed by atoms with Crippen LogP contribution in [0, 0.1) is 0 Å². The van der Waals surface area contributed by atoms with Crippen molar-refractivity contribution in [2.75, 3.05) is 11.9 Å². The largest absolute Gasteiger partial charge is 0.494 e. The lowest BCUT2D eigenvalue weighted by Gasteiger charge is -2.06. The average molecular weight is 279 g/mol. The summed E-state index contributed by atoms with van der Waals surface area (Å²) in [5, 5.41) is 3.55. The lowest BCUT2D eigenvalue weighted by atomic mass is 10.1. The van der Waals surface area contributed by atoms with Crippen molar-refractivity contribution in [1.82, 2.24) is 0 Å². The van der Waals surface area contributed by atoms with Crippen molar-refractivity contribution in [2.45, 2.75) is 12.8 Å². The molecule has 0 saturated heterocycles. The number of fused-ring (bicyclic) bond motifs is 1. The highest BCUT2D eigenvalue weighted by Gasteiger charge is 1.96. The van der Waals surface area contributed by atoms with Gasteiger partial charge in [0.25, 0.3) is 0 Å². The monoisotopic (exact) mass is 278 g/mol. The van der Waals surface area contributed by atoms with Crippen molar-refractivity contribution in [2.24, 2.45) is 0 Å². The number of hydrogen-bond donors (Lipinski definition) is 0. The molecule has 0 aromatic heterocycles. The van der Waals surface area contributed by atoms with Crippen molar-refractivity contribution in [3.8, 4) is 5.75 Å². The Hall–Kier alpha value is -1.02. The molecule has 0 spiro atoms. The van der Waals surface area contributed by atoms with Crippen LogP contribution in [0.2, 0.25) is 0 Å². The summed E-state index contributed by atoms with van der Waals surface area (Å²) in [5.74, 6) is 0.966. The fourth-order valence-corrected chi connectivity index (χ4v) is 2.04. The predicted molar refractivity (Wildman–Crippen MR) is 72.5 cm³/mol. The molecule has 2 rings (SSSR count). The SMILES string of the molecule is BrCCCCOc1ccc2ccccc2c1. The van der Waals surface area contributed by atoms with E-state index in [1.807, 2.05) is 6.07 Å². The van der Waals surface area contributed by atoms with Crippen LogP contribution in [0.15, 0.2) is 42.5 Å². The third-order valence-corrected chi connectivity index (χ3v) is 3.08. The Kier molecular flexibility index (Phi) is 4.23. The average Bonchev–Trinajstić information content (AvgIpc) is 2.34. The van der Waals surface area contributed by atoms with Gasteiger partial charge in [0.1, 0.15) is 5.75 Å². The minimum absolute atomic E-state index is 0.796. The zero-order chi connectivity index (χ0) is 11.2. The van der Waals surface area contributed by atoms with Gasteiger partial charge in [-0.1, -0.05) is 46.3 Å². The van der Waals surface area contributed by atoms with Gasteiger partial charge >= 0.3 is 0 Å². The summed E-state index contributed by atoms with van der Waals surface area (Å²) in [6.45, 7) is 0.796. The van der Waals surface area contributed by atoms with E-state index in [9.17, 15) is 0 Å². The first-order valence-electron chi connectivity index (χ1n) is 5.58. The van der Waals surface area contributed by atoms with Crippen molar-refractivity contribution < 1.29 is 4.74 Å². The maximum Gasteiger partial charge on any atom is 0.119 e. The highest BCUT2D eigenvalue weighted by Crippen LogP contribution is 2.20. The van der Waals surface area contributed by atoms with Crippen molar-refractivity contribution in [3.05, 3.63) is 42.5 Å². The van der Waals surface area contributed by atoms with Gasteiger partial charge in [-0.25, -0.2) is 0 Å². The second-order valence-electron chi connectivity index (χ2n) is 3.75. The molecule has 2 aromatic rings. The van der Waals surface area contributed by atoms with Crippen LogP contribution in [0.4, 0.5) is 0 Å². The fraction of sp³-hybridized carbons (Fsp3) is 0.286. The van der Waals surface area contributed by atoms with E-state index < -0.39 is 0 Å². The van der Waals surface area contributed by atoms with E-state index in [1.54, 1.807) is 0 Å².